The molecule has 2 rings (SSSR count). The van der Waals surface area contributed by atoms with Gasteiger partial charge in [0, 0.05) is 17.1 Å². The van der Waals surface area contributed by atoms with Gasteiger partial charge in [-0.1, -0.05) is 31.9 Å². The first-order chi connectivity index (χ1) is 7.33. The molecule has 1 atom stereocenters. The highest BCUT2D eigenvalue weighted by atomic mass is 16.3. The van der Waals surface area contributed by atoms with Gasteiger partial charge in [-0.2, -0.15) is 0 Å². The minimum Gasteiger partial charge on any atom is -0.388 e. The number of hydrogen-bond donors (Lipinski definition) is 2. The Balaban J connectivity index is 2.29. The number of aliphatic hydroxyl groups is 1. The molecule has 1 heterocycles. The van der Waals surface area contributed by atoms with Crippen LogP contribution in [0, 0.1) is 0 Å². The van der Waals surface area contributed by atoms with Crippen molar-refractivity contribution in [3.05, 3.63) is 36.0 Å². The largest absolute Gasteiger partial charge is 0.388 e. The fourth-order valence-corrected chi connectivity index (χ4v) is 1.95. The van der Waals surface area contributed by atoms with Crippen LogP contribution in [0.15, 0.2) is 30.5 Å². The molecule has 0 radical (unpaired) electrons. The van der Waals surface area contributed by atoms with Crippen LogP contribution in [-0.4, -0.2) is 10.1 Å². The van der Waals surface area contributed by atoms with E-state index in [0.717, 1.165) is 35.7 Å². The van der Waals surface area contributed by atoms with Crippen molar-refractivity contribution in [3.63, 3.8) is 0 Å². The van der Waals surface area contributed by atoms with Gasteiger partial charge in [-0.15, -0.1) is 0 Å². The number of nitrogens with one attached hydrogen (secondary N) is 1. The van der Waals surface area contributed by atoms with Crippen LogP contribution in [0.5, 0.6) is 0 Å². The van der Waals surface area contributed by atoms with E-state index in [4.69, 9.17) is 0 Å². The highest BCUT2D eigenvalue weighted by molar-refractivity contribution is 5.83. The van der Waals surface area contributed by atoms with Crippen molar-refractivity contribution in [1.82, 2.24) is 4.98 Å². The fourth-order valence-electron chi connectivity index (χ4n) is 1.95. The number of fused-ring (bicyclic) bond motifs is 1. The van der Waals surface area contributed by atoms with Gasteiger partial charge < -0.3 is 10.1 Å². The molecule has 15 heavy (non-hydrogen) atoms. The highest BCUT2D eigenvalue weighted by Crippen LogP contribution is 2.26. The van der Waals surface area contributed by atoms with Gasteiger partial charge in [-0.05, 0) is 24.1 Å². The van der Waals surface area contributed by atoms with Crippen LogP contribution in [0.4, 0.5) is 0 Å². The first-order valence-corrected chi connectivity index (χ1v) is 5.57. The van der Waals surface area contributed by atoms with Gasteiger partial charge in [0.15, 0.2) is 0 Å². The van der Waals surface area contributed by atoms with E-state index >= 15 is 0 Å². The maximum absolute atomic E-state index is 10.1. The molecule has 1 unspecified atom stereocenters. The lowest BCUT2D eigenvalue weighted by atomic mass is 10.0. The van der Waals surface area contributed by atoms with Gasteiger partial charge in [0.1, 0.15) is 0 Å². The predicted molar refractivity (Wildman–Crippen MR) is 62.8 cm³/mol. The van der Waals surface area contributed by atoms with E-state index in [2.05, 4.69) is 11.9 Å². The molecule has 2 nitrogen and oxygen atoms in total. The summed E-state index contributed by atoms with van der Waals surface area (Å²) in [5.41, 5.74) is 2.14. The summed E-state index contributed by atoms with van der Waals surface area (Å²) in [4.78, 5) is 3.16. The Hall–Kier alpha value is -1.28. The zero-order valence-electron chi connectivity index (χ0n) is 9.03. The quantitative estimate of drug-likeness (QED) is 0.785. The Kier molecular flexibility index (Phi) is 3.07. The number of aromatic amines is 1. The molecule has 2 N–H and O–H groups in total. The molecule has 2 aromatic rings. The van der Waals surface area contributed by atoms with E-state index in [9.17, 15) is 5.11 Å². The van der Waals surface area contributed by atoms with Crippen molar-refractivity contribution in [2.45, 2.75) is 32.3 Å². The normalized spacial score (nSPS) is 13.2. The van der Waals surface area contributed by atoms with Crippen molar-refractivity contribution >= 4 is 10.9 Å². The molecule has 0 aliphatic rings. The van der Waals surface area contributed by atoms with E-state index < -0.39 is 0 Å². The molecule has 0 aliphatic heterocycles. The number of rotatable bonds is 4. The number of unbranched alkanes of at least 4 members (excludes halogenated alkanes) is 1. The van der Waals surface area contributed by atoms with E-state index in [0.29, 0.717) is 0 Å². The molecule has 80 valence electrons. The molecular formula is C13H17NO. The maximum Gasteiger partial charge on any atom is 0.0796 e. The summed E-state index contributed by atoms with van der Waals surface area (Å²) in [6.07, 6.45) is 4.63. The lowest BCUT2D eigenvalue weighted by molar-refractivity contribution is 0.166. The van der Waals surface area contributed by atoms with Crippen LogP contribution in [0.25, 0.3) is 10.9 Å². The second kappa shape index (κ2) is 4.49. The van der Waals surface area contributed by atoms with Crippen molar-refractivity contribution in [2.24, 2.45) is 0 Å². The first-order valence-electron chi connectivity index (χ1n) is 5.57. The number of aliphatic hydroxyl groups excluding tert-OH is 1. The van der Waals surface area contributed by atoms with E-state index in [1.165, 1.54) is 0 Å². The lowest BCUT2D eigenvalue weighted by Crippen LogP contribution is -1.97. The molecular weight excluding hydrogens is 186 g/mol. The summed E-state index contributed by atoms with van der Waals surface area (Å²) < 4.78 is 0. The smallest absolute Gasteiger partial charge is 0.0796 e. The van der Waals surface area contributed by atoms with E-state index in [-0.39, 0.29) is 6.10 Å². The third kappa shape index (κ3) is 2.05. The van der Waals surface area contributed by atoms with Crippen LogP contribution in [0.1, 0.15) is 37.9 Å². The molecule has 0 bridgehead atoms. The summed E-state index contributed by atoms with van der Waals surface area (Å²) in [5, 5.41) is 11.2. The Morgan fingerprint density at radius 3 is 3.00 bits per heavy atom. The van der Waals surface area contributed by atoms with Crippen LogP contribution in [0.3, 0.4) is 0 Å². The Morgan fingerprint density at radius 1 is 1.33 bits per heavy atom. The fraction of sp³-hybridized carbons (Fsp3) is 0.385. The molecule has 0 amide bonds. The molecule has 0 spiro atoms. The van der Waals surface area contributed by atoms with Crippen molar-refractivity contribution in [2.75, 3.05) is 0 Å². The standard InChI is InChI=1S/C13H17NO/c1-2-3-7-13(15)11-5-4-6-12-10(11)8-9-14-12/h4-6,8-9,13-15H,2-3,7H2,1H3. The molecule has 0 saturated heterocycles. The monoisotopic (exact) mass is 203 g/mol. The summed E-state index contributed by atoms with van der Waals surface area (Å²) in [6.45, 7) is 2.14. The van der Waals surface area contributed by atoms with Gasteiger partial charge in [0.05, 0.1) is 6.10 Å². The second-order valence-corrected chi connectivity index (χ2v) is 3.94. The van der Waals surface area contributed by atoms with E-state index in [1.807, 2.05) is 30.5 Å². The van der Waals surface area contributed by atoms with Crippen molar-refractivity contribution in [1.29, 1.82) is 0 Å². The maximum atomic E-state index is 10.1. The van der Waals surface area contributed by atoms with Gasteiger partial charge in [0.2, 0.25) is 0 Å². The van der Waals surface area contributed by atoms with E-state index in [1.54, 1.807) is 0 Å². The Morgan fingerprint density at radius 2 is 2.20 bits per heavy atom. The van der Waals surface area contributed by atoms with Crippen LogP contribution >= 0.6 is 0 Å². The number of H-pyrrole nitrogens is 1. The molecule has 1 aromatic heterocycles. The zero-order valence-corrected chi connectivity index (χ0v) is 9.03. The second-order valence-electron chi connectivity index (χ2n) is 3.94. The number of aromatic nitrogens is 1. The van der Waals surface area contributed by atoms with Crippen LogP contribution in [-0.2, 0) is 0 Å². The van der Waals surface area contributed by atoms with Gasteiger partial charge >= 0.3 is 0 Å². The van der Waals surface area contributed by atoms with Crippen LogP contribution in [0.2, 0.25) is 0 Å². The lowest BCUT2D eigenvalue weighted by Gasteiger charge is -2.11. The molecule has 0 fully saturated rings. The molecule has 0 aliphatic carbocycles. The van der Waals surface area contributed by atoms with Gasteiger partial charge in [-0.3, -0.25) is 0 Å². The molecule has 0 saturated carbocycles. The Labute approximate surface area is 89.9 Å². The summed E-state index contributed by atoms with van der Waals surface area (Å²) >= 11 is 0. The Bertz CT molecular complexity index is 433. The average molecular weight is 203 g/mol. The third-order valence-corrected chi connectivity index (χ3v) is 2.82. The van der Waals surface area contributed by atoms with Crippen molar-refractivity contribution in [3.8, 4) is 0 Å². The summed E-state index contributed by atoms with van der Waals surface area (Å²) in [5.74, 6) is 0. The topological polar surface area (TPSA) is 36.0 Å². The van der Waals surface area contributed by atoms with Crippen molar-refractivity contribution < 1.29 is 5.11 Å². The van der Waals surface area contributed by atoms with Crippen LogP contribution < -0.4 is 0 Å². The summed E-state index contributed by atoms with van der Waals surface area (Å²) in [6, 6.07) is 8.06. The molecule has 2 heteroatoms. The number of benzene rings is 1. The third-order valence-electron chi connectivity index (χ3n) is 2.82. The summed E-state index contributed by atoms with van der Waals surface area (Å²) in [7, 11) is 0. The zero-order chi connectivity index (χ0) is 10.7. The average Bonchev–Trinajstić information content (AvgIpc) is 2.73. The number of hydrogen-bond acceptors (Lipinski definition) is 1. The minimum atomic E-state index is -0.329. The minimum absolute atomic E-state index is 0.329. The predicted octanol–water partition coefficient (Wildman–Crippen LogP) is 3.39. The highest BCUT2D eigenvalue weighted by Gasteiger charge is 2.10. The van der Waals surface area contributed by atoms with Gasteiger partial charge in [0.25, 0.3) is 0 Å². The molecule has 1 aromatic carbocycles. The SMILES string of the molecule is CCCCC(O)c1cccc2[nH]ccc12. The van der Waals surface area contributed by atoms with Gasteiger partial charge in [-0.25, -0.2) is 0 Å². The first kappa shape index (κ1) is 10.2.